The lowest BCUT2D eigenvalue weighted by molar-refractivity contribution is -0.150. The Morgan fingerprint density at radius 2 is 1.71 bits per heavy atom. The average molecular weight is 524 g/mol. The van der Waals surface area contributed by atoms with Crippen molar-refractivity contribution < 1.29 is 33.5 Å². The van der Waals surface area contributed by atoms with Gasteiger partial charge >= 0.3 is 5.76 Å². The van der Waals surface area contributed by atoms with Crippen molar-refractivity contribution in [3.05, 3.63) is 64.6 Å². The Bertz CT molecular complexity index is 1360. The number of morpholine rings is 2. The second kappa shape index (κ2) is 11.0. The number of H-pyrrole nitrogens is 1. The molecule has 2 aromatic carbocycles. The molecule has 0 spiro atoms. The van der Waals surface area contributed by atoms with Gasteiger partial charge in [-0.2, -0.15) is 0 Å². The molecule has 13 heteroatoms. The van der Waals surface area contributed by atoms with E-state index in [1.165, 1.54) is 4.90 Å². The van der Waals surface area contributed by atoms with Crippen LogP contribution < -0.4 is 16.0 Å². The summed E-state index contributed by atoms with van der Waals surface area (Å²) in [6.45, 7) is 2.39. The van der Waals surface area contributed by atoms with Crippen LogP contribution in [0.4, 0.5) is 11.4 Å². The Morgan fingerprint density at radius 3 is 2.37 bits per heavy atom. The molecule has 3 N–H and O–H groups in total. The van der Waals surface area contributed by atoms with Crippen molar-refractivity contribution in [1.82, 2.24) is 15.0 Å². The molecule has 2 atom stereocenters. The number of nitrogens with zero attached hydrogens (tertiary/aromatic N) is 3. The van der Waals surface area contributed by atoms with Crippen LogP contribution in [-0.4, -0.2) is 89.5 Å². The number of carbonyl (C=O) groups is 3. The molecular formula is C25H25N5O8. The average Bonchev–Trinajstić information content (AvgIpc) is 3.39. The molecule has 3 heterocycles. The van der Waals surface area contributed by atoms with Gasteiger partial charge in [-0.3, -0.25) is 23.9 Å². The number of aromatic amines is 1. The summed E-state index contributed by atoms with van der Waals surface area (Å²) in [6, 6.07) is 12.9. The number of ether oxygens (including phenoxy) is 2. The molecule has 3 aromatic rings. The summed E-state index contributed by atoms with van der Waals surface area (Å²) < 4.78 is 15.2. The molecule has 1 aromatic heterocycles. The number of hydrogen-bond acceptors (Lipinski definition) is 9. The summed E-state index contributed by atoms with van der Waals surface area (Å²) in [5, 5.41) is 16.8. The molecule has 198 valence electrons. The standard InChI is InChI=1S/C25H25N5O8/c31-19(22(32)26-17-5-1-15(2-6-17)21-27-25(35)38-28-21)20-24(34)30(11-14-37-20)18-7-3-16(4-8-18)23(33)29-9-12-36-13-10-29/h1-8,19-20,31H,9-14H2,(H,26,32)(H,27,28,35). The molecular weight excluding hydrogens is 498 g/mol. The van der Waals surface area contributed by atoms with Crippen molar-refractivity contribution in [3.63, 3.8) is 0 Å². The van der Waals surface area contributed by atoms with Crippen molar-refractivity contribution in [3.8, 4) is 11.4 Å². The van der Waals surface area contributed by atoms with Gasteiger partial charge in [-0.05, 0) is 48.5 Å². The Hall–Kier alpha value is -4.33. The molecule has 0 aliphatic carbocycles. The number of aliphatic hydroxyl groups excluding tert-OH is 1. The van der Waals surface area contributed by atoms with E-state index in [9.17, 15) is 24.3 Å². The molecule has 2 unspecified atom stereocenters. The van der Waals surface area contributed by atoms with Gasteiger partial charge in [0.05, 0.1) is 19.8 Å². The van der Waals surface area contributed by atoms with Gasteiger partial charge < -0.3 is 29.7 Å². The Labute approximate surface area is 215 Å². The van der Waals surface area contributed by atoms with Crippen molar-refractivity contribution in [2.75, 3.05) is 49.7 Å². The van der Waals surface area contributed by atoms with Crippen LogP contribution in [0, 0.1) is 0 Å². The third-order valence-corrected chi connectivity index (χ3v) is 6.27. The van der Waals surface area contributed by atoms with E-state index in [1.54, 1.807) is 53.4 Å². The molecule has 2 aliphatic heterocycles. The Kier molecular flexibility index (Phi) is 7.31. The molecule has 2 aliphatic rings. The van der Waals surface area contributed by atoms with Gasteiger partial charge in [0, 0.05) is 42.1 Å². The molecule has 13 nitrogen and oxygen atoms in total. The Morgan fingerprint density at radius 1 is 1.00 bits per heavy atom. The molecule has 2 saturated heterocycles. The third-order valence-electron chi connectivity index (χ3n) is 6.27. The van der Waals surface area contributed by atoms with E-state index in [0.717, 1.165) is 0 Å². The number of nitrogens with one attached hydrogen (secondary N) is 2. The Balaban J connectivity index is 1.22. The van der Waals surface area contributed by atoms with Gasteiger partial charge in [-0.15, -0.1) is 0 Å². The summed E-state index contributed by atoms with van der Waals surface area (Å²) in [5.41, 5.74) is 1.92. The van der Waals surface area contributed by atoms with Gasteiger partial charge in [-0.1, -0.05) is 5.16 Å². The fourth-order valence-corrected chi connectivity index (χ4v) is 4.24. The maximum Gasteiger partial charge on any atom is 0.439 e. The van der Waals surface area contributed by atoms with Gasteiger partial charge in [-0.25, -0.2) is 4.79 Å². The van der Waals surface area contributed by atoms with Crippen molar-refractivity contribution in [2.24, 2.45) is 0 Å². The lowest BCUT2D eigenvalue weighted by Crippen LogP contribution is -2.55. The van der Waals surface area contributed by atoms with Crippen LogP contribution in [0.2, 0.25) is 0 Å². The molecule has 5 rings (SSSR count). The second-order valence-corrected chi connectivity index (χ2v) is 8.69. The number of rotatable bonds is 6. The highest BCUT2D eigenvalue weighted by molar-refractivity contribution is 6.04. The van der Waals surface area contributed by atoms with Crippen LogP contribution in [-0.2, 0) is 19.1 Å². The number of aromatic nitrogens is 2. The number of benzene rings is 2. The second-order valence-electron chi connectivity index (χ2n) is 8.69. The van der Waals surface area contributed by atoms with E-state index >= 15 is 0 Å². The summed E-state index contributed by atoms with van der Waals surface area (Å²) in [6.07, 6.45) is -3.17. The predicted octanol–water partition coefficient (Wildman–Crippen LogP) is 0.234. The van der Waals surface area contributed by atoms with E-state index < -0.39 is 29.8 Å². The monoisotopic (exact) mass is 523 g/mol. The minimum atomic E-state index is -1.76. The van der Waals surface area contributed by atoms with Crippen LogP contribution in [0.25, 0.3) is 11.4 Å². The number of anilines is 2. The number of amides is 3. The summed E-state index contributed by atoms with van der Waals surface area (Å²) in [5.74, 6) is -1.96. The zero-order valence-electron chi connectivity index (χ0n) is 20.2. The largest absolute Gasteiger partial charge is 0.439 e. The highest BCUT2D eigenvalue weighted by Gasteiger charge is 2.39. The molecule has 2 fully saturated rings. The highest BCUT2D eigenvalue weighted by Crippen LogP contribution is 2.23. The topological polar surface area (TPSA) is 167 Å². The van der Waals surface area contributed by atoms with E-state index in [2.05, 4.69) is 20.0 Å². The first-order valence-electron chi connectivity index (χ1n) is 12.0. The molecule has 0 bridgehead atoms. The first kappa shape index (κ1) is 25.3. The van der Waals surface area contributed by atoms with Gasteiger partial charge in [0.25, 0.3) is 17.7 Å². The van der Waals surface area contributed by atoms with Crippen molar-refractivity contribution in [2.45, 2.75) is 12.2 Å². The number of hydrogen-bond donors (Lipinski definition) is 3. The molecule has 38 heavy (non-hydrogen) atoms. The summed E-state index contributed by atoms with van der Waals surface area (Å²) in [4.78, 5) is 55.2. The quantitative estimate of drug-likeness (QED) is 0.410. The fraction of sp³-hybridized carbons (Fsp3) is 0.320. The van der Waals surface area contributed by atoms with Crippen LogP contribution in [0.15, 0.2) is 57.8 Å². The van der Waals surface area contributed by atoms with Gasteiger partial charge in [0.1, 0.15) is 0 Å². The SMILES string of the molecule is O=C(Nc1ccc(-c2noc(=O)[nH]2)cc1)C(O)C1OCCN(c2ccc(C(=O)N3CCOCC3)cc2)C1=O. The number of carbonyl (C=O) groups excluding carboxylic acids is 3. The first-order valence-corrected chi connectivity index (χ1v) is 12.0. The fourth-order valence-electron chi connectivity index (χ4n) is 4.24. The van der Waals surface area contributed by atoms with Crippen molar-refractivity contribution >= 4 is 29.1 Å². The van der Waals surface area contributed by atoms with E-state index in [1.807, 2.05) is 0 Å². The maximum atomic E-state index is 13.1. The zero-order valence-corrected chi connectivity index (χ0v) is 20.2. The first-order chi connectivity index (χ1) is 18.4. The van der Waals surface area contributed by atoms with E-state index in [4.69, 9.17) is 9.47 Å². The smallest absolute Gasteiger partial charge is 0.380 e. The van der Waals surface area contributed by atoms with Gasteiger partial charge in [0.15, 0.2) is 18.0 Å². The minimum absolute atomic E-state index is 0.111. The summed E-state index contributed by atoms with van der Waals surface area (Å²) >= 11 is 0. The lowest BCUT2D eigenvalue weighted by atomic mass is 10.1. The van der Waals surface area contributed by atoms with Crippen LogP contribution in [0.3, 0.4) is 0 Å². The predicted molar refractivity (Wildman–Crippen MR) is 132 cm³/mol. The van der Waals surface area contributed by atoms with E-state index in [-0.39, 0.29) is 24.9 Å². The molecule has 0 radical (unpaired) electrons. The van der Waals surface area contributed by atoms with Crippen LogP contribution in [0.5, 0.6) is 0 Å². The third kappa shape index (κ3) is 5.34. The zero-order chi connectivity index (χ0) is 26.6. The highest BCUT2D eigenvalue weighted by atomic mass is 16.5. The molecule has 3 amide bonds. The normalized spacial score (nSPS) is 18.8. The van der Waals surface area contributed by atoms with Crippen LogP contribution in [0.1, 0.15) is 10.4 Å². The van der Waals surface area contributed by atoms with Crippen molar-refractivity contribution in [1.29, 1.82) is 0 Å². The van der Waals surface area contributed by atoms with Gasteiger partial charge in [0.2, 0.25) is 0 Å². The van der Waals surface area contributed by atoms with Crippen LogP contribution >= 0.6 is 0 Å². The summed E-state index contributed by atoms with van der Waals surface area (Å²) in [7, 11) is 0. The molecule has 0 saturated carbocycles. The van der Waals surface area contributed by atoms with E-state index in [0.29, 0.717) is 48.8 Å². The minimum Gasteiger partial charge on any atom is -0.380 e. The maximum absolute atomic E-state index is 13.1. The lowest BCUT2D eigenvalue weighted by Gasteiger charge is -2.34. The number of aliphatic hydroxyl groups is 1.